The molecule has 2 aromatic rings. The number of thioether (sulfide) groups is 1. The molecule has 0 saturated heterocycles. The number of carbonyl (C=O) groups excluding carboxylic acids is 2. The zero-order valence-corrected chi connectivity index (χ0v) is 13.4. The summed E-state index contributed by atoms with van der Waals surface area (Å²) in [5.74, 6) is 0.136. The van der Waals surface area contributed by atoms with E-state index in [4.69, 9.17) is 0 Å². The highest BCUT2D eigenvalue weighted by atomic mass is 32.2. The Kier molecular flexibility index (Phi) is 5.61. The van der Waals surface area contributed by atoms with Crippen LogP contribution in [0.1, 0.15) is 12.5 Å². The molecule has 0 unspecified atom stereocenters. The Morgan fingerprint density at radius 2 is 1.59 bits per heavy atom. The Morgan fingerprint density at radius 3 is 2.23 bits per heavy atom. The van der Waals surface area contributed by atoms with E-state index in [1.807, 2.05) is 49.4 Å². The van der Waals surface area contributed by atoms with Crippen LogP contribution in [0.4, 0.5) is 11.4 Å². The second-order valence-electron chi connectivity index (χ2n) is 4.81. The highest BCUT2D eigenvalue weighted by molar-refractivity contribution is 8.00. The van der Waals surface area contributed by atoms with Gasteiger partial charge in [-0.1, -0.05) is 24.3 Å². The largest absolute Gasteiger partial charge is 0.326 e. The smallest absolute Gasteiger partial charge is 0.234 e. The summed E-state index contributed by atoms with van der Waals surface area (Å²) in [5, 5.41) is 5.63. The number of nitrogens with one attached hydrogen (secondary N) is 2. The molecule has 0 spiro atoms. The molecule has 0 radical (unpaired) electrons. The second-order valence-corrected chi connectivity index (χ2v) is 5.86. The van der Waals surface area contributed by atoms with E-state index >= 15 is 0 Å². The number of anilines is 2. The van der Waals surface area contributed by atoms with Crippen molar-refractivity contribution in [2.45, 2.75) is 18.7 Å². The van der Waals surface area contributed by atoms with Crippen LogP contribution in [0.25, 0.3) is 0 Å². The third-order valence-corrected chi connectivity index (χ3v) is 4.04. The first kappa shape index (κ1) is 16.1. The summed E-state index contributed by atoms with van der Waals surface area (Å²) < 4.78 is 0. The topological polar surface area (TPSA) is 58.2 Å². The molecule has 5 heteroatoms. The van der Waals surface area contributed by atoms with Crippen LogP contribution < -0.4 is 10.6 Å². The van der Waals surface area contributed by atoms with Crippen LogP contribution in [0.2, 0.25) is 0 Å². The van der Waals surface area contributed by atoms with Gasteiger partial charge in [-0.3, -0.25) is 9.59 Å². The Labute approximate surface area is 134 Å². The number of benzene rings is 2. The second kappa shape index (κ2) is 7.66. The first-order valence-corrected chi connectivity index (χ1v) is 7.89. The number of carbonyl (C=O) groups is 2. The van der Waals surface area contributed by atoms with Crippen LogP contribution >= 0.6 is 11.8 Å². The fraction of sp³-hybridized carbons (Fsp3) is 0.176. The van der Waals surface area contributed by atoms with Crippen LogP contribution in [0.5, 0.6) is 0 Å². The average molecular weight is 314 g/mol. The van der Waals surface area contributed by atoms with Gasteiger partial charge in [-0.25, -0.2) is 0 Å². The van der Waals surface area contributed by atoms with E-state index in [1.54, 1.807) is 6.07 Å². The van der Waals surface area contributed by atoms with Crippen molar-refractivity contribution in [1.29, 1.82) is 0 Å². The fourth-order valence-electron chi connectivity index (χ4n) is 1.95. The molecule has 0 saturated carbocycles. The van der Waals surface area contributed by atoms with Crippen molar-refractivity contribution in [3.05, 3.63) is 54.1 Å². The zero-order valence-electron chi connectivity index (χ0n) is 12.6. The quantitative estimate of drug-likeness (QED) is 0.828. The lowest BCUT2D eigenvalue weighted by Crippen LogP contribution is -2.16. The van der Waals surface area contributed by atoms with Gasteiger partial charge >= 0.3 is 0 Å². The maximum atomic E-state index is 12.1. The summed E-state index contributed by atoms with van der Waals surface area (Å²) in [4.78, 5) is 24.3. The van der Waals surface area contributed by atoms with E-state index in [-0.39, 0.29) is 11.8 Å². The van der Waals surface area contributed by atoms with Crippen LogP contribution in [0.3, 0.4) is 0 Å². The van der Waals surface area contributed by atoms with Gasteiger partial charge in [0.15, 0.2) is 0 Å². The first-order chi connectivity index (χ1) is 10.6. The molecule has 0 atom stereocenters. The minimum absolute atomic E-state index is 0.0723. The predicted octanol–water partition coefficient (Wildman–Crippen LogP) is 3.68. The van der Waals surface area contributed by atoms with Crippen molar-refractivity contribution in [2.75, 3.05) is 16.4 Å². The number of hydrogen-bond acceptors (Lipinski definition) is 3. The first-order valence-electron chi connectivity index (χ1n) is 6.91. The molecule has 2 rings (SSSR count). The van der Waals surface area contributed by atoms with Crippen LogP contribution in [0, 0.1) is 6.92 Å². The van der Waals surface area contributed by atoms with E-state index in [0.29, 0.717) is 17.1 Å². The van der Waals surface area contributed by atoms with Crippen LogP contribution in [-0.2, 0) is 9.59 Å². The fourth-order valence-corrected chi connectivity index (χ4v) is 2.67. The van der Waals surface area contributed by atoms with Gasteiger partial charge in [-0.05, 0) is 36.8 Å². The summed E-state index contributed by atoms with van der Waals surface area (Å²) in [6.07, 6.45) is 0. The molecule has 0 heterocycles. The van der Waals surface area contributed by atoms with Gasteiger partial charge in [0.2, 0.25) is 11.8 Å². The molecule has 0 aromatic heterocycles. The molecular formula is C17H18N2O2S. The van der Waals surface area contributed by atoms with Gasteiger partial charge in [0, 0.05) is 23.2 Å². The predicted molar refractivity (Wildman–Crippen MR) is 91.3 cm³/mol. The van der Waals surface area contributed by atoms with Crippen molar-refractivity contribution in [3.63, 3.8) is 0 Å². The highest BCUT2D eigenvalue weighted by Crippen LogP contribution is 2.24. The van der Waals surface area contributed by atoms with E-state index in [9.17, 15) is 9.59 Å². The van der Waals surface area contributed by atoms with Gasteiger partial charge in [0.05, 0.1) is 5.75 Å². The lowest BCUT2D eigenvalue weighted by atomic mass is 10.1. The molecular weight excluding hydrogens is 296 g/mol. The standard InChI is InChI=1S/C17H18N2O2S/c1-12-15(18-13(2)20)9-6-10-16(12)19-17(21)11-22-14-7-4-3-5-8-14/h3-10H,11H2,1-2H3,(H,18,20)(H,19,21). The summed E-state index contributed by atoms with van der Waals surface area (Å²) in [5.41, 5.74) is 2.27. The zero-order chi connectivity index (χ0) is 15.9. The van der Waals surface area contributed by atoms with Gasteiger partial charge in [-0.2, -0.15) is 0 Å². The molecule has 2 N–H and O–H groups in total. The number of rotatable bonds is 5. The van der Waals surface area contributed by atoms with Crippen molar-refractivity contribution < 1.29 is 9.59 Å². The van der Waals surface area contributed by atoms with Crippen molar-refractivity contribution in [3.8, 4) is 0 Å². The third-order valence-electron chi connectivity index (χ3n) is 3.03. The monoisotopic (exact) mass is 314 g/mol. The minimum Gasteiger partial charge on any atom is -0.326 e. The molecule has 0 fully saturated rings. The van der Waals surface area contributed by atoms with Crippen LogP contribution in [0.15, 0.2) is 53.4 Å². The van der Waals surface area contributed by atoms with Crippen molar-refractivity contribution in [1.82, 2.24) is 0 Å². The van der Waals surface area contributed by atoms with Gasteiger partial charge in [0.25, 0.3) is 0 Å². The van der Waals surface area contributed by atoms with Gasteiger partial charge < -0.3 is 10.6 Å². The average Bonchev–Trinajstić information content (AvgIpc) is 2.50. The Hall–Kier alpha value is -2.27. The molecule has 114 valence electrons. The maximum absolute atomic E-state index is 12.1. The normalized spacial score (nSPS) is 10.1. The summed E-state index contributed by atoms with van der Waals surface area (Å²) in [7, 11) is 0. The van der Waals surface area contributed by atoms with E-state index in [2.05, 4.69) is 10.6 Å². The molecule has 22 heavy (non-hydrogen) atoms. The van der Waals surface area contributed by atoms with E-state index in [1.165, 1.54) is 18.7 Å². The molecule has 0 aliphatic heterocycles. The molecule has 0 aliphatic rings. The maximum Gasteiger partial charge on any atom is 0.234 e. The number of amides is 2. The van der Waals surface area contributed by atoms with Crippen molar-refractivity contribution >= 4 is 35.0 Å². The number of hydrogen-bond donors (Lipinski definition) is 2. The molecule has 4 nitrogen and oxygen atoms in total. The van der Waals surface area contributed by atoms with Crippen LogP contribution in [-0.4, -0.2) is 17.6 Å². The molecule has 0 aliphatic carbocycles. The lowest BCUT2D eigenvalue weighted by molar-refractivity contribution is -0.114. The SMILES string of the molecule is CC(=O)Nc1cccc(NC(=O)CSc2ccccc2)c1C. The molecule has 2 aromatic carbocycles. The Bertz CT molecular complexity index is 672. The molecule has 2 amide bonds. The summed E-state index contributed by atoms with van der Waals surface area (Å²) in [6.45, 7) is 3.33. The third kappa shape index (κ3) is 4.63. The van der Waals surface area contributed by atoms with Gasteiger partial charge in [0.1, 0.15) is 0 Å². The highest BCUT2D eigenvalue weighted by Gasteiger charge is 2.09. The minimum atomic E-state index is -0.133. The summed E-state index contributed by atoms with van der Waals surface area (Å²) in [6, 6.07) is 15.2. The van der Waals surface area contributed by atoms with Gasteiger partial charge in [-0.15, -0.1) is 11.8 Å². The molecule has 0 bridgehead atoms. The van der Waals surface area contributed by atoms with Crippen molar-refractivity contribution in [2.24, 2.45) is 0 Å². The van der Waals surface area contributed by atoms with E-state index in [0.717, 1.165) is 10.5 Å². The Balaban J connectivity index is 1.98. The van der Waals surface area contributed by atoms with E-state index < -0.39 is 0 Å². The summed E-state index contributed by atoms with van der Waals surface area (Å²) >= 11 is 1.49. The lowest BCUT2D eigenvalue weighted by Gasteiger charge is -2.12. The Morgan fingerprint density at radius 1 is 0.955 bits per heavy atom.